The molecule has 1 rings (SSSR count). The fourth-order valence-corrected chi connectivity index (χ4v) is 1.58. The highest BCUT2D eigenvalue weighted by molar-refractivity contribution is 5.45. The summed E-state index contributed by atoms with van der Waals surface area (Å²) in [5, 5.41) is 12.0. The Morgan fingerprint density at radius 3 is 2.88 bits per heavy atom. The molecule has 2 N–H and O–H groups in total. The van der Waals surface area contributed by atoms with Gasteiger partial charge in [-0.15, -0.1) is 0 Å². The fraction of sp³-hybridized carbons (Fsp3) is 0.538. The van der Waals surface area contributed by atoms with Crippen LogP contribution in [-0.4, -0.2) is 25.4 Å². The summed E-state index contributed by atoms with van der Waals surface area (Å²) in [6, 6.07) is 8.26. The average Bonchev–Trinajstić information content (AvgIpc) is 2.30. The number of unbranched alkanes of at least 4 members (excludes halogenated alkanes) is 2. The molecule has 90 valence electrons. The van der Waals surface area contributed by atoms with Crippen LogP contribution < -0.4 is 5.32 Å². The quantitative estimate of drug-likeness (QED) is 0.665. The first-order valence-corrected chi connectivity index (χ1v) is 5.79. The van der Waals surface area contributed by atoms with E-state index in [0.717, 1.165) is 31.5 Å². The van der Waals surface area contributed by atoms with Gasteiger partial charge in [-0.2, -0.15) is 0 Å². The summed E-state index contributed by atoms with van der Waals surface area (Å²) in [7, 11) is 1.70. The zero-order chi connectivity index (χ0) is 11.6. The normalized spacial score (nSPS) is 10.4. The summed E-state index contributed by atoms with van der Waals surface area (Å²) >= 11 is 0. The third-order valence-electron chi connectivity index (χ3n) is 2.40. The molecule has 0 amide bonds. The topological polar surface area (TPSA) is 41.5 Å². The lowest BCUT2D eigenvalue weighted by atomic mass is 10.2. The van der Waals surface area contributed by atoms with Gasteiger partial charge in [-0.3, -0.25) is 0 Å². The van der Waals surface area contributed by atoms with E-state index >= 15 is 0 Å². The first kappa shape index (κ1) is 13.0. The Hall–Kier alpha value is -1.06. The number of ether oxygens (including phenoxy) is 1. The van der Waals surface area contributed by atoms with Crippen LogP contribution in [0.25, 0.3) is 0 Å². The van der Waals surface area contributed by atoms with Crippen molar-refractivity contribution in [1.82, 2.24) is 0 Å². The van der Waals surface area contributed by atoms with E-state index in [1.54, 1.807) is 7.11 Å². The Balaban J connectivity index is 2.27. The molecule has 0 unspecified atom stereocenters. The predicted molar refractivity (Wildman–Crippen MR) is 66.6 cm³/mol. The zero-order valence-electron chi connectivity index (χ0n) is 9.91. The van der Waals surface area contributed by atoms with Crippen molar-refractivity contribution >= 4 is 5.69 Å². The molecule has 1 aromatic carbocycles. The van der Waals surface area contributed by atoms with Crippen molar-refractivity contribution in [3.05, 3.63) is 29.8 Å². The number of hydrogen-bond donors (Lipinski definition) is 2. The molecule has 0 radical (unpaired) electrons. The lowest BCUT2D eigenvalue weighted by Crippen LogP contribution is -2.02. The van der Waals surface area contributed by atoms with Crippen molar-refractivity contribution in [2.45, 2.75) is 25.9 Å². The Morgan fingerprint density at radius 1 is 1.25 bits per heavy atom. The van der Waals surface area contributed by atoms with E-state index in [2.05, 4.69) is 23.5 Å². The Labute approximate surface area is 97.4 Å². The smallest absolute Gasteiger partial charge is 0.0713 e. The number of aliphatic hydroxyl groups is 1. The van der Waals surface area contributed by atoms with Gasteiger partial charge in [-0.05, 0) is 37.0 Å². The number of hydrogen-bond acceptors (Lipinski definition) is 3. The van der Waals surface area contributed by atoms with Crippen molar-refractivity contribution in [3.63, 3.8) is 0 Å². The molecule has 0 atom stereocenters. The number of rotatable bonds is 8. The van der Waals surface area contributed by atoms with E-state index in [4.69, 9.17) is 9.84 Å². The van der Waals surface area contributed by atoms with Crippen LogP contribution in [0.2, 0.25) is 0 Å². The molecule has 0 bridgehead atoms. The standard InChI is InChI=1S/C13H21NO2/c1-16-11-12-6-5-7-13(10-12)14-8-3-2-4-9-15/h5-7,10,14-15H,2-4,8-9,11H2,1H3. The third-order valence-corrected chi connectivity index (χ3v) is 2.40. The lowest BCUT2D eigenvalue weighted by Gasteiger charge is -2.07. The van der Waals surface area contributed by atoms with Gasteiger partial charge in [0.2, 0.25) is 0 Å². The van der Waals surface area contributed by atoms with Crippen molar-refractivity contribution in [3.8, 4) is 0 Å². The second kappa shape index (κ2) is 8.13. The molecule has 0 saturated heterocycles. The molecule has 1 aromatic rings. The minimum absolute atomic E-state index is 0.295. The third kappa shape index (κ3) is 5.14. The number of methoxy groups -OCH3 is 1. The number of aliphatic hydroxyl groups excluding tert-OH is 1. The van der Waals surface area contributed by atoms with E-state index in [0.29, 0.717) is 13.2 Å². The highest BCUT2D eigenvalue weighted by atomic mass is 16.5. The van der Waals surface area contributed by atoms with Gasteiger partial charge in [0.1, 0.15) is 0 Å². The van der Waals surface area contributed by atoms with Gasteiger partial charge in [-0.1, -0.05) is 12.1 Å². The second-order valence-electron chi connectivity index (χ2n) is 3.84. The van der Waals surface area contributed by atoms with Gasteiger partial charge in [0.25, 0.3) is 0 Å². The van der Waals surface area contributed by atoms with E-state index in [-0.39, 0.29) is 0 Å². The highest BCUT2D eigenvalue weighted by Crippen LogP contribution is 2.11. The molecule has 0 aliphatic carbocycles. The number of nitrogens with one attached hydrogen (secondary N) is 1. The largest absolute Gasteiger partial charge is 0.396 e. The average molecular weight is 223 g/mol. The molecule has 0 aliphatic rings. The summed E-state index contributed by atoms with van der Waals surface area (Å²) in [5.74, 6) is 0. The molecule has 0 heterocycles. The van der Waals surface area contributed by atoms with Crippen LogP contribution in [-0.2, 0) is 11.3 Å². The van der Waals surface area contributed by atoms with Gasteiger partial charge in [0.15, 0.2) is 0 Å². The molecule has 0 aliphatic heterocycles. The van der Waals surface area contributed by atoms with Gasteiger partial charge < -0.3 is 15.2 Å². The molecule has 3 heteroatoms. The van der Waals surface area contributed by atoms with Crippen LogP contribution in [0.4, 0.5) is 5.69 Å². The number of benzene rings is 1. The summed E-state index contributed by atoms with van der Waals surface area (Å²) in [6.07, 6.45) is 3.06. The molecular weight excluding hydrogens is 202 g/mol. The summed E-state index contributed by atoms with van der Waals surface area (Å²) in [5.41, 5.74) is 2.32. The van der Waals surface area contributed by atoms with Crippen LogP contribution in [0.3, 0.4) is 0 Å². The highest BCUT2D eigenvalue weighted by Gasteiger charge is 1.95. The van der Waals surface area contributed by atoms with Gasteiger partial charge in [0.05, 0.1) is 6.61 Å². The maximum atomic E-state index is 8.64. The Bertz CT molecular complexity index is 289. The Kier molecular flexibility index (Phi) is 6.61. The van der Waals surface area contributed by atoms with E-state index in [9.17, 15) is 0 Å². The maximum Gasteiger partial charge on any atom is 0.0713 e. The monoisotopic (exact) mass is 223 g/mol. The summed E-state index contributed by atoms with van der Waals surface area (Å²) in [4.78, 5) is 0. The van der Waals surface area contributed by atoms with Crippen LogP contribution in [0, 0.1) is 0 Å². The first-order valence-electron chi connectivity index (χ1n) is 5.79. The van der Waals surface area contributed by atoms with Crippen molar-refractivity contribution in [2.24, 2.45) is 0 Å². The summed E-state index contributed by atoms with van der Waals surface area (Å²) in [6.45, 7) is 1.90. The van der Waals surface area contributed by atoms with Crippen molar-refractivity contribution in [2.75, 3.05) is 25.6 Å². The zero-order valence-corrected chi connectivity index (χ0v) is 9.91. The molecule has 0 spiro atoms. The van der Waals surface area contributed by atoms with Crippen molar-refractivity contribution in [1.29, 1.82) is 0 Å². The van der Waals surface area contributed by atoms with E-state index in [1.807, 2.05) is 6.07 Å². The predicted octanol–water partition coefficient (Wildman–Crippen LogP) is 2.41. The molecular formula is C13H21NO2. The van der Waals surface area contributed by atoms with Crippen LogP contribution >= 0.6 is 0 Å². The molecule has 3 nitrogen and oxygen atoms in total. The lowest BCUT2D eigenvalue weighted by molar-refractivity contribution is 0.185. The van der Waals surface area contributed by atoms with Crippen molar-refractivity contribution < 1.29 is 9.84 Å². The van der Waals surface area contributed by atoms with E-state index < -0.39 is 0 Å². The van der Waals surface area contributed by atoms with Crippen LogP contribution in [0.1, 0.15) is 24.8 Å². The second-order valence-corrected chi connectivity index (χ2v) is 3.84. The SMILES string of the molecule is COCc1cccc(NCCCCCO)c1. The van der Waals surface area contributed by atoms with Crippen LogP contribution in [0.15, 0.2) is 24.3 Å². The first-order chi connectivity index (χ1) is 7.86. The molecule has 0 aromatic heterocycles. The number of anilines is 1. The molecule has 0 fully saturated rings. The molecule has 0 saturated carbocycles. The maximum absolute atomic E-state index is 8.64. The fourth-order valence-electron chi connectivity index (χ4n) is 1.58. The van der Waals surface area contributed by atoms with Gasteiger partial charge in [-0.25, -0.2) is 0 Å². The van der Waals surface area contributed by atoms with E-state index in [1.165, 1.54) is 5.56 Å². The van der Waals surface area contributed by atoms with Crippen LogP contribution in [0.5, 0.6) is 0 Å². The minimum Gasteiger partial charge on any atom is -0.396 e. The Morgan fingerprint density at radius 2 is 2.12 bits per heavy atom. The summed E-state index contributed by atoms with van der Waals surface area (Å²) < 4.78 is 5.08. The minimum atomic E-state index is 0.295. The van der Waals surface area contributed by atoms with Gasteiger partial charge in [0, 0.05) is 25.9 Å². The van der Waals surface area contributed by atoms with Gasteiger partial charge >= 0.3 is 0 Å². The molecule has 16 heavy (non-hydrogen) atoms.